The highest BCUT2D eigenvalue weighted by Gasteiger charge is 2.21. The summed E-state index contributed by atoms with van der Waals surface area (Å²) in [5, 5.41) is 12.7. The lowest BCUT2D eigenvalue weighted by Crippen LogP contribution is -2.33. The van der Waals surface area contributed by atoms with E-state index >= 15 is 0 Å². The number of carbonyl (C=O) groups is 1. The molecule has 0 spiro atoms. The normalized spacial score (nSPS) is 10.6. The molecule has 0 bridgehead atoms. The number of anilines is 1. The lowest BCUT2D eigenvalue weighted by molar-refractivity contribution is -0.117. The Morgan fingerprint density at radius 1 is 1.06 bits per heavy atom. The van der Waals surface area contributed by atoms with E-state index in [1.165, 1.54) is 0 Å². The largest absolute Gasteiger partial charge is 0.497 e. The average molecular weight is 463 g/mol. The van der Waals surface area contributed by atoms with Crippen LogP contribution >= 0.6 is 0 Å². The van der Waals surface area contributed by atoms with Gasteiger partial charge in [0.15, 0.2) is 11.5 Å². The predicted octanol–water partition coefficient (Wildman–Crippen LogP) is 3.93. The summed E-state index contributed by atoms with van der Waals surface area (Å²) in [6, 6.07) is 17.1. The molecule has 3 rings (SSSR count). The van der Waals surface area contributed by atoms with Crippen LogP contribution in [0, 0.1) is 25.2 Å². The Balaban J connectivity index is 1.69. The Bertz CT molecular complexity index is 1180. The molecular weight excluding hydrogens is 432 g/mol. The van der Waals surface area contributed by atoms with Crippen LogP contribution < -0.4 is 19.5 Å². The van der Waals surface area contributed by atoms with E-state index in [0.717, 1.165) is 22.7 Å². The minimum absolute atomic E-state index is 0.145. The number of benzene rings is 2. The number of nitrogens with one attached hydrogen (secondary N) is 1. The van der Waals surface area contributed by atoms with Crippen LogP contribution in [0.3, 0.4) is 0 Å². The van der Waals surface area contributed by atoms with E-state index in [1.54, 1.807) is 14.2 Å². The average Bonchev–Trinajstić information content (AvgIpc) is 3.07. The summed E-state index contributed by atoms with van der Waals surface area (Å²) < 4.78 is 18.2. The lowest BCUT2D eigenvalue weighted by atomic mass is 10.2. The van der Waals surface area contributed by atoms with Gasteiger partial charge in [0.05, 0.1) is 26.3 Å². The van der Waals surface area contributed by atoms with Gasteiger partial charge in [-0.2, -0.15) is 5.26 Å². The van der Waals surface area contributed by atoms with Gasteiger partial charge in [0.2, 0.25) is 5.91 Å². The van der Waals surface area contributed by atoms with Crippen molar-refractivity contribution in [1.29, 1.82) is 5.26 Å². The standard InChI is InChI=1S/C26H30N4O4/c1-18-19(2)30(20-10-12-21(32-4)13-11-20)26(22(18)16-27)28-25(31)17-29(3)14-15-34-24-9-7-6-8-23(24)33-5/h6-13H,14-15,17H2,1-5H3,(H,28,31). The molecule has 8 heteroatoms. The molecule has 1 heterocycles. The molecule has 8 nitrogen and oxygen atoms in total. The topological polar surface area (TPSA) is 88.8 Å². The van der Waals surface area contributed by atoms with Crippen molar-refractivity contribution >= 4 is 11.7 Å². The smallest absolute Gasteiger partial charge is 0.239 e. The highest BCUT2D eigenvalue weighted by molar-refractivity contribution is 5.93. The maximum absolute atomic E-state index is 12.9. The van der Waals surface area contributed by atoms with Crippen molar-refractivity contribution in [3.8, 4) is 29.0 Å². The monoisotopic (exact) mass is 462 g/mol. The molecule has 0 saturated carbocycles. The molecule has 0 aliphatic rings. The summed E-state index contributed by atoms with van der Waals surface area (Å²) >= 11 is 0. The van der Waals surface area contributed by atoms with Crippen molar-refractivity contribution in [2.24, 2.45) is 0 Å². The molecule has 0 fully saturated rings. The first-order valence-electron chi connectivity index (χ1n) is 10.9. The van der Waals surface area contributed by atoms with Gasteiger partial charge < -0.3 is 19.5 Å². The van der Waals surface area contributed by atoms with Gasteiger partial charge in [-0.1, -0.05) is 12.1 Å². The Kier molecular flexibility index (Phi) is 8.17. The Morgan fingerprint density at radius 3 is 2.35 bits per heavy atom. The number of methoxy groups -OCH3 is 2. The number of carbonyl (C=O) groups excluding carboxylic acids is 1. The third kappa shape index (κ3) is 5.50. The van der Waals surface area contributed by atoms with E-state index in [0.29, 0.717) is 36.0 Å². The number of para-hydroxylation sites is 2. The highest BCUT2D eigenvalue weighted by atomic mass is 16.5. The van der Waals surface area contributed by atoms with Crippen molar-refractivity contribution in [3.63, 3.8) is 0 Å². The van der Waals surface area contributed by atoms with E-state index in [-0.39, 0.29) is 12.5 Å². The molecule has 178 valence electrons. The predicted molar refractivity (Wildman–Crippen MR) is 131 cm³/mol. The fourth-order valence-corrected chi connectivity index (χ4v) is 3.66. The van der Waals surface area contributed by atoms with Crippen LogP contribution in [0.5, 0.6) is 17.2 Å². The zero-order chi connectivity index (χ0) is 24.7. The number of ether oxygens (including phenoxy) is 3. The van der Waals surface area contributed by atoms with Crippen molar-refractivity contribution in [3.05, 3.63) is 65.4 Å². The summed E-state index contributed by atoms with van der Waals surface area (Å²) in [6.45, 7) is 4.89. The second-order valence-corrected chi connectivity index (χ2v) is 7.86. The third-order valence-corrected chi connectivity index (χ3v) is 5.63. The molecule has 0 aliphatic heterocycles. The van der Waals surface area contributed by atoms with E-state index in [1.807, 2.05) is 78.9 Å². The summed E-state index contributed by atoms with van der Waals surface area (Å²) in [4.78, 5) is 14.7. The van der Waals surface area contributed by atoms with Crippen LogP contribution in [0.2, 0.25) is 0 Å². The van der Waals surface area contributed by atoms with Gasteiger partial charge in [0, 0.05) is 17.9 Å². The number of amides is 1. The van der Waals surface area contributed by atoms with Crippen LogP contribution in [0.15, 0.2) is 48.5 Å². The molecule has 1 aromatic heterocycles. The van der Waals surface area contributed by atoms with Gasteiger partial charge in [-0.15, -0.1) is 0 Å². The number of nitriles is 1. The number of nitrogens with zero attached hydrogens (tertiary/aromatic N) is 3. The molecule has 3 aromatic rings. The summed E-state index contributed by atoms with van der Waals surface area (Å²) in [7, 11) is 5.05. The second kappa shape index (κ2) is 11.3. The van der Waals surface area contributed by atoms with Gasteiger partial charge in [0.25, 0.3) is 0 Å². The zero-order valence-corrected chi connectivity index (χ0v) is 20.2. The molecule has 1 amide bonds. The van der Waals surface area contributed by atoms with Gasteiger partial charge in [0.1, 0.15) is 24.2 Å². The van der Waals surface area contributed by atoms with Crippen LogP contribution in [0.4, 0.5) is 5.82 Å². The van der Waals surface area contributed by atoms with Crippen molar-refractivity contribution in [2.45, 2.75) is 13.8 Å². The Labute approximate surface area is 200 Å². The summed E-state index contributed by atoms with van der Waals surface area (Å²) in [5.74, 6) is 2.30. The number of rotatable bonds is 10. The fraction of sp³-hybridized carbons (Fsp3) is 0.308. The van der Waals surface area contributed by atoms with Gasteiger partial charge in [-0.25, -0.2) is 0 Å². The SMILES string of the molecule is COc1ccc(-n2c(C)c(C)c(C#N)c2NC(=O)CN(C)CCOc2ccccc2OC)cc1. The fourth-order valence-electron chi connectivity index (χ4n) is 3.66. The number of hydrogen-bond donors (Lipinski definition) is 1. The van der Waals surface area contributed by atoms with E-state index in [4.69, 9.17) is 14.2 Å². The highest BCUT2D eigenvalue weighted by Crippen LogP contribution is 2.31. The number of likely N-dealkylation sites (N-methyl/N-ethyl adjacent to an activating group) is 1. The first kappa shape index (κ1) is 24.7. The molecule has 0 atom stereocenters. The molecule has 34 heavy (non-hydrogen) atoms. The molecule has 0 saturated heterocycles. The van der Waals surface area contributed by atoms with Crippen LogP contribution in [0.25, 0.3) is 5.69 Å². The minimum atomic E-state index is -0.219. The zero-order valence-electron chi connectivity index (χ0n) is 20.2. The quantitative estimate of drug-likeness (QED) is 0.491. The Morgan fingerprint density at radius 2 is 1.74 bits per heavy atom. The second-order valence-electron chi connectivity index (χ2n) is 7.86. The maximum Gasteiger partial charge on any atom is 0.239 e. The lowest BCUT2D eigenvalue weighted by Gasteiger charge is -2.18. The van der Waals surface area contributed by atoms with Crippen LogP contribution in [-0.4, -0.2) is 56.3 Å². The van der Waals surface area contributed by atoms with E-state index in [9.17, 15) is 10.1 Å². The first-order chi connectivity index (χ1) is 16.4. The Hall–Kier alpha value is -3.96. The van der Waals surface area contributed by atoms with E-state index in [2.05, 4.69) is 11.4 Å². The van der Waals surface area contributed by atoms with Crippen LogP contribution in [-0.2, 0) is 4.79 Å². The first-order valence-corrected chi connectivity index (χ1v) is 10.9. The molecule has 0 radical (unpaired) electrons. The third-order valence-electron chi connectivity index (χ3n) is 5.63. The molecular formula is C26H30N4O4. The molecule has 2 aromatic carbocycles. The number of aromatic nitrogens is 1. The molecule has 1 N–H and O–H groups in total. The maximum atomic E-state index is 12.9. The molecule has 0 aliphatic carbocycles. The number of hydrogen-bond acceptors (Lipinski definition) is 6. The van der Waals surface area contributed by atoms with Crippen molar-refractivity contribution in [2.75, 3.05) is 46.3 Å². The minimum Gasteiger partial charge on any atom is -0.497 e. The molecule has 0 unspecified atom stereocenters. The summed E-state index contributed by atoms with van der Waals surface area (Å²) in [6.07, 6.45) is 0. The van der Waals surface area contributed by atoms with Crippen molar-refractivity contribution < 1.29 is 19.0 Å². The van der Waals surface area contributed by atoms with Crippen molar-refractivity contribution in [1.82, 2.24) is 9.47 Å². The van der Waals surface area contributed by atoms with Gasteiger partial charge in [-0.3, -0.25) is 14.3 Å². The summed E-state index contributed by atoms with van der Waals surface area (Å²) in [5.41, 5.74) is 2.99. The van der Waals surface area contributed by atoms with Gasteiger partial charge >= 0.3 is 0 Å². The van der Waals surface area contributed by atoms with E-state index < -0.39 is 0 Å². The van der Waals surface area contributed by atoms with Crippen LogP contribution in [0.1, 0.15) is 16.8 Å². The van der Waals surface area contributed by atoms with Gasteiger partial charge in [-0.05, 0) is 62.9 Å².